The molecule has 0 aromatic carbocycles. The van der Waals surface area contributed by atoms with Crippen LogP contribution in [0.5, 0.6) is 0 Å². The van der Waals surface area contributed by atoms with E-state index in [2.05, 4.69) is 32.2 Å². The highest BCUT2D eigenvalue weighted by Crippen LogP contribution is 2.29. The zero-order valence-corrected chi connectivity index (χ0v) is 26.3. The molecule has 0 radical (unpaired) electrons. The summed E-state index contributed by atoms with van der Waals surface area (Å²) in [4.78, 5) is 33.7. The van der Waals surface area contributed by atoms with Crippen LogP contribution in [0, 0.1) is 6.92 Å². The number of sulfone groups is 1. The highest BCUT2D eigenvalue weighted by molar-refractivity contribution is 7.93. The summed E-state index contributed by atoms with van der Waals surface area (Å²) in [5.41, 5.74) is 3.18. The number of piperidine rings is 1. The standard InChI is InChI=1S/C30H37N7O4S2/c1-4-37-28-20(14-25(29(37)38)27-19(2)13-24(16-32-27)43(39,40)26-17-31-18-42-26)15-33-30(35-28)34-21-5-7-22(8-6-21)41-23-9-11-36(3)12-10-23/h13-18,21-23H,4-12H2,1-3H3,(H,33,34,35). The molecule has 11 nitrogen and oxygen atoms in total. The van der Waals surface area contributed by atoms with E-state index >= 15 is 0 Å². The minimum absolute atomic E-state index is 0.0658. The lowest BCUT2D eigenvalue weighted by Crippen LogP contribution is -2.38. The Morgan fingerprint density at radius 1 is 1.02 bits per heavy atom. The van der Waals surface area contributed by atoms with Crippen molar-refractivity contribution >= 4 is 38.2 Å². The van der Waals surface area contributed by atoms with E-state index in [9.17, 15) is 13.2 Å². The third kappa shape index (κ3) is 6.21. The molecular formula is C30H37N7O4S2. The Bertz CT molecular complexity index is 1760. The number of nitrogens with zero attached hydrogens (tertiary/aromatic N) is 6. The first-order valence-corrected chi connectivity index (χ1v) is 17.2. The van der Waals surface area contributed by atoms with Crippen molar-refractivity contribution < 1.29 is 13.2 Å². The van der Waals surface area contributed by atoms with Crippen LogP contribution in [0.3, 0.4) is 0 Å². The molecule has 4 aromatic heterocycles. The molecule has 228 valence electrons. The van der Waals surface area contributed by atoms with Gasteiger partial charge in [0.1, 0.15) is 9.86 Å². The van der Waals surface area contributed by atoms with Crippen LogP contribution >= 0.6 is 11.3 Å². The molecule has 1 saturated heterocycles. The fourth-order valence-corrected chi connectivity index (χ4v) is 8.27. The lowest BCUT2D eigenvalue weighted by Gasteiger charge is -2.35. The highest BCUT2D eigenvalue weighted by Gasteiger charge is 2.27. The van der Waals surface area contributed by atoms with Crippen molar-refractivity contribution in [3.8, 4) is 11.3 Å². The predicted molar refractivity (Wildman–Crippen MR) is 166 cm³/mol. The summed E-state index contributed by atoms with van der Waals surface area (Å²) in [7, 11) is -1.56. The van der Waals surface area contributed by atoms with Gasteiger partial charge in [0.25, 0.3) is 5.56 Å². The molecule has 0 bridgehead atoms. The van der Waals surface area contributed by atoms with E-state index < -0.39 is 9.84 Å². The van der Waals surface area contributed by atoms with E-state index in [1.54, 1.807) is 29.8 Å². The Morgan fingerprint density at radius 3 is 2.44 bits per heavy atom. The Kier molecular flexibility index (Phi) is 8.58. The molecule has 1 aliphatic carbocycles. The van der Waals surface area contributed by atoms with E-state index in [1.165, 1.54) is 17.9 Å². The zero-order chi connectivity index (χ0) is 30.1. The molecule has 1 saturated carbocycles. The quantitative estimate of drug-likeness (QED) is 0.303. The third-order valence-corrected chi connectivity index (χ3v) is 11.5. The molecule has 0 spiro atoms. The molecule has 43 heavy (non-hydrogen) atoms. The van der Waals surface area contributed by atoms with Gasteiger partial charge in [-0.1, -0.05) is 0 Å². The smallest absolute Gasteiger partial charge is 0.261 e. The van der Waals surface area contributed by atoms with Gasteiger partial charge in [-0.2, -0.15) is 4.98 Å². The Morgan fingerprint density at radius 2 is 1.77 bits per heavy atom. The monoisotopic (exact) mass is 623 g/mol. The van der Waals surface area contributed by atoms with Crippen molar-refractivity contribution in [2.75, 3.05) is 25.5 Å². The first kappa shape index (κ1) is 29.8. The fraction of sp³-hybridized carbons (Fsp3) is 0.500. The van der Waals surface area contributed by atoms with Crippen LogP contribution in [0.4, 0.5) is 5.95 Å². The lowest BCUT2D eigenvalue weighted by atomic mass is 9.92. The van der Waals surface area contributed by atoms with Gasteiger partial charge in [0, 0.05) is 43.5 Å². The van der Waals surface area contributed by atoms with Gasteiger partial charge in [-0.15, -0.1) is 11.3 Å². The fourth-order valence-electron chi connectivity index (χ4n) is 6.04. The number of fused-ring (bicyclic) bond motifs is 1. The van der Waals surface area contributed by atoms with E-state index in [1.807, 2.05) is 6.92 Å². The first-order chi connectivity index (χ1) is 20.7. The summed E-state index contributed by atoms with van der Waals surface area (Å²) in [5, 5.41) is 4.20. The van der Waals surface area contributed by atoms with Crippen LogP contribution in [-0.4, -0.2) is 76.2 Å². The third-order valence-electron chi connectivity index (χ3n) is 8.49. The molecule has 4 aromatic rings. The zero-order valence-electron chi connectivity index (χ0n) is 24.7. The van der Waals surface area contributed by atoms with Gasteiger partial charge in [0.15, 0.2) is 0 Å². The summed E-state index contributed by atoms with van der Waals surface area (Å²) in [6, 6.07) is 3.54. The lowest BCUT2D eigenvalue weighted by molar-refractivity contribution is -0.0543. The van der Waals surface area contributed by atoms with Crippen molar-refractivity contribution in [2.45, 2.75) is 86.3 Å². The summed E-state index contributed by atoms with van der Waals surface area (Å²) in [6.07, 6.45) is 11.2. The van der Waals surface area contributed by atoms with E-state index in [0.29, 0.717) is 52.6 Å². The van der Waals surface area contributed by atoms with Crippen molar-refractivity contribution in [3.63, 3.8) is 0 Å². The molecular weight excluding hydrogens is 587 g/mol. The Hall–Kier alpha value is -3.26. The molecule has 0 amide bonds. The number of aryl methyl sites for hydroxylation is 2. The Balaban J connectivity index is 1.19. The van der Waals surface area contributed by atoms with Gasteiger partial charge >= 0.3 is 0 Å². The predicted octanol–water partition coefficient (Wildman–Crippen LogP) is 4.31. The maximum Gasteiger partial charge on any atom is 0.261 e. The van der Waals surface area contributed by atoms with E-state index in [0.717, 1.165) is 63.0 Å². The number of thiazole rings is 1. The molecule has 6 rings (SSSR count). The largest absolute Gasteiger partial charge is 0.375 e. The molecule has 13 heteroatoms. The number of hydrogen-bond donors (Lipinski definition) is 1. The van der Waals surface area contributed by atoms with E-state index in [4.69, 9.17) is 9.72 Å². The molecule has 0 unspecified atom stereocenters. The highest BCUT2D eigenvalue weighted by atomic mass is 32.2. The summed E-state index contributed by atoms with van der Waals surface area (Å²) < 4.78 is 34.1. The average Bonchev–Trinajstić information content (AvgIpc) is 3.56. The maximum absolute atomic E-state index is 13.7. The molecule has 1 N–H and O–H groups in total. The summed E-state index contributed by atoms with van der Waals surface area (Å²) >= 11 is 1.05. The van der Waals surface area contributed by atoms with E-state index in [-0.39, 0.29) is 20.7 Å². The summed E-state index contributed by atoms with van der Waals surface area (Å²) in [5.74, 6) is 0.508. The summed E-state index contributed by atoms with van der Waals surface area (Å²) in [6.45, 7) is 6.27. The van der Waals surface area contributed by atoms with Crippen molar-refractivity contribution in [1.29, 1.82) is 0 Å². The van der Waals surface area contributed by atoms with Crippen LogP contribution in [-0.2, 0) is 21.1 Å². The van der Waals surface area contributed by atoms with Crippen LogP contribution in [0.25, 0.3) is 22.3 Å². The second-order valence-electron chi connectivity index (χ2n) is 11.5. The molecule has 2 aliphatic rings. The first-order valence-electron chi connectivity index (χ1n) is 14.8. The number of aromatic nitrogens is 5. The number of nitrogens with one attached hydrogen (secondary N) is 1. The number of pyridine rings is 2. The number of anilines is 1. The van der Waals surface area contributed by atoms with Crippen molar-refractivity contribution in [2.24, 2.45) is 0 Å². The number of hydrogen-bond acceptors (Lipinski definition) is 11. The van der Waals surface area contributed by atoms with Gasteiger partial charge in [0.05, 0.1) is 40.1 Å². The van der Waals surface area contributed by atoms with Crippen LogP contribution < -0.4 is 10.9 Å². The number of rotatable bonds is 8. The Labute approximate surface area is 255 Å². The molecule has 5 heterocycles. The van der Waals surface area contributed by atoms with Crippen molar-refractivity contribution in [1.82, 2.24) is 29.4 Å². The SMILES string of the molecule is CCn1c(=O)c(-c2ncc(S(=O)(=O)c3cncs3)cc2C)cc2cnc(NC3CCC(OC4CCN(C)CC4)CC3)nc21. The average molecular weight is 624 g/mol. The second-order valence-corrected chi connectivity index (χ2v) is 14.6. The topological polar surface area (TPSA) is 132 Å². The van der Waals surface area contributed by atoms with Gasteiger partial charge in [-0.05, 0) is 77.1 Å². The van der Waals surface area contributed by atoms with Crippen LogP contribution in [0.1, 0.15) is 51.0 Å². The van der Waals surface area contributed by atoms with Crippen LogP contribution in [0.15, 0.2) is 50.1 Å². The van der Waals surface area contributed by atoms with Gasteiger partial charge in [-0.25, -0.2) is 13.4 Å². The molecule has 2 fully saturated rings. The van der Waals surface area contributed by atoms with Gasteiger partial charge in [0.2, 0.25) is 15.8 Å². The molecule has 0 atom stereocenters. The second kappa shape index (κ2) is 12.4. The van der Waals surface area contributed by atoms with Gasteiger partial charge in [-0.3, -0.25) is 19.3 Å². The van der Waals surface area contributed by atoms with Gasteiger partial charge < -0.3 is 15.0 Å². The number of ether oxygens (including phenoxy) is 1. The van der Waals surface area contributed by atoms with Crippen LogP contribution in [0.2, 0.25) is 0 Å². The molecule has 1 aliphatic heterocycles. The minimum atomic E-state index is -3.73. The number of likely N-dealkylation sites (tertiary alicyclic amines) is 1. The minimum Gasteiger partial charge on any atom is -0.375 e. The maximum atomic E-state index is 13.7. The normalized spacial score (nSPS) is 20.4. The van der Waals surface area contributed by atoms with Crippen molar-refractivity contribution in [3.05, 3.63) is 52.2 Å².